The number of likely N-dealkylation sites (N-methyl/N-ethyl adjacent to an activating group) is 1. The number of rotatable bonds is 5. The van der Waals surface area contributed by atoms with Crippen molar-refractivity contribution in [2.75, 3.05) is 38.1 Å². The van der Waals surface area contributed by atoms with Crippen LogP contribution in [0.25, 0.3) is 10.9 Å². The van der Waals surface area contributed by atoms with E-state index >= 15 is 0 Å². The first kappa shape index (κ1) is 18.5. The summed E-state index contributed by atoms with van der Waals surface area (Å²) in [4.78, 5) is 20.1. The summed E-state index contributed by atoms with van der Waals surface area (Å²) in [5.41, 5.74) is 3.65. The van der Waals surface area contributed by atoms with Gasteiger partial charge in [-0.05, 0) is 42.4 Å². The average Bonchev–Trinajstić information content (AvgIpc) is 3.11. The van der Waals surface area contributed by atoms with Crippen molar-refractivity contribution in [2.45, 2.75) is 13.0 Å². The van der Waals surface area contributed by atoms with E-state index in [1.54, 1.807) is 12.3 Å². The van der Waals surface area contributed by atoms with Crippen molar-refractivity contribution in [2.24, 2.45) is 0 Å². The van der Waals surface area contributed by atoms with Crippen molar-refractivity contribution in [3.05, 3.63) is 65.6 Å². The first-order valence-corrected chi connectivity index (χ1v) is 9.64. The van der Waals surface area contributed by atoms with E-state index in [4.69, 9.17) is 0 Å². The van der Waals surface area contributed by atoms with E-state index in [1.165, 1.54) is 11.8 Å². The van der Waals surface area contributed by atoms with Gasteiger partial charge in [0.25, 0.3) is 0 Å². The van der Waals surface area contributed by atoms with Gasteiger partial charge in [0.05, 0.1) is 6.42 Å². The van der Waals surface area contributed by atoms with Crippen LogP contribution in [-0.4, -0.2) is 49.0 Å². The molecule has 1 aliphatic rings. The van der Waals surface area contributed by atoms with Crippen molar-refractivity contribution < 1.29 is 9.18 Å². The van der Waals surface area contributed by atoms with Crippen molar-refractivity contribution in [3.63, 3.8) is 0 Å². The second-order valence-electron chi connectivity index (χ2n) is 7.39. The van der Waals surface area contributed by atoms with Crippen molar-refractivity contribution in [3.8, 4) is 0 Å². The lowest BCUT2D eigenvalue weighted by atomic mass is 10.1. The summed E-state index contributed by atoms with van der Waals surface area (Å²) in [5.74, 6) is -0.421. The van der Waals surface area contributed by atoms with Gasteiger partial charge in [0.1, 0.15) is 5.82 Å². The summed E-state index contributed by atoms with van der Waals surface area (Å²) in [6.07, 6.45) is 1.86. The van der Waals surface area contributed by atoms with Crippen molar-refractivity contribution >= 4 is 22.5 Å². The number of anilines is 1. The number of benzene rings is 2. The van der Waals surface area contributed by atoms with Crippen LogP contribution in [-0.2, 0) is 17.8 Å². The van der Waals surface area contributed by atoms with Crippen LogP contribution in [0.2, 0.25) is 0 Å². The van der Waals surface area contributed by atoms with Gasteiger partial charge in [-0.15, -0.1) is 0 Å². The molecule has 1 fully saturated rings. The zero-order valence-electron chi connectivity index (χ0n) is 16.0. The third kappa shape index (κ3) is 4.02. The maximum absolute atomic E-state index is 14.1. The number of carbonyl (C=O) groups excluding carboxylic acids is 1. The Kier molecular flexibility index (Phi) is 5.30. The van der Waals surface area contributed by atoms with Crippen molar-refractivity contribution in [1.82, 2.24) is 15.2 Å². The van der Waals surface area contributed by atoms with Gasteiger partial charge in [0.15, 0.2) is 0 Å². The van der Waals surface area contributed by atoms with Gasteiger partial charge in [0.2, 0.25) is 5.91 Å². The van der Waals surface area contributed by atoms with Crippen molar-refractivity contribution in [1.29, 1.82) is 0 Å². The first-order valence-electron chi connectivity index (χ1n) is 9.64. The van der Waals surface area contributed by atoms with Gasteiger partial charge in [-0.3, -0.25) is 4.79 Å². The number of nitrogens with zero attached hydrogens (tertiary/aromatic N) is 2. The molecule has 4 rings (SSSR count). The van der Waals surface area contributed by atoms with Gasteiger partial charge in [0, 0.05) is 55.5 Å². The molecule has 2 heterocycles. The topological polar surface area (TPSA) is 51.4 Å². The fraction of sp³-hybridized carbons (Fsp3) is 0.318. The lowest BCUT2D eigenvalue weighted by Crippen LogP contribution is -2.44. The highest BCUT2D eigenvalue weighted by atomic mass is 19.1. The molecule has 0 radical (unpaired) electrons. The Morgan fingerprint density at radius 3 is 2.75 bits per heavy atom. The van der Waals surface area contributed by atoms with Crippen LogP contribution in [0.1, 0.15) is 11.1 Å². The van der Waals surface area contributed by atoms with E-state index in [0.29, 0.717) is 23.0 Å². The number of nitrogens with one attached hydrogen (secondary N) is 2. The van der Waals surface area contributed by atoms with Crippen LogP contribution in [0, 0.1) is 5.82 Å². The molecular formula is C22H25FN4O. The smallest absolute Gasteiger partial charge is 0.224 e. The number of H-pyrrole nitrogens is 1. The summed E-state index contributed by atoms with van der Waals surface area (Å²) in [7, 11) is 2.14. The fourth-order valence-corrected chi connectivity index (χ4v) is 3.71. The minimum Gasteiger partial charge on any atom is -0.369 e. The highest BCUT2D eigenvalue weighted by molar-refractivity contribution is 5.89. The molecule has 28 heavy (non-hydrogen) atoms. The molecule has 1 aromatic heterocycles. The lowest BCUT2D eigenvalue weighted by Gasteiger charge is -2.34. The van der Waals surface area contributed by atoms with Gasteiger partial charge < -0.3 is 20.1 Å². The Balaban J connectivity index is 1.38. The standard InChI is InChI=1S/C22H25FN4O/c1-26-8-10-27(11-9-26)18-5-2-4-16(12-18)14-25-21(28)13-17-15-24-20-7-3-6-19(23)22(17)20/h2-7,12,15,24H,8-11,13-14H2,1H3,(H,25,28). The van der Waals surface area contributed by atoms with Crippen LogP contribution in [0.3, 0.4) is 0 Å². The molecule has 0 spiro atoms. The molecule has 146 valence electrons. The average molecular weight is 380 g/mol. The number of halogens is 1. The fourth-order valence-electron chi connectivity index (χ4n) is 3.71. The number of hydrogen-bond donors (Lipinski definition) is 2. The Hall–Kier alpha value is -2.86. The predicted octanol–water partition coefficient (Wildman–Crippen LogP) is 2.92. The zero-order valence-corrected chi connectivity index (χ0v) is 16.0. The molecule has 0 aliphatic carbocycles. The van der Waals surface area contributed by atoms with E-state index < -0.39 is 0 Å². The maximum Gasteiger partial charge on any atom is 0.224 e. The van der Waals surface area contributed by atoms with E-state index in [0.717, 1.165) is 31.7 Å². The van der Waals surface area contributed by atoms with E-state index in [-0.39, 0.29) is 18.1 Å². The predicted molar refractivity (Wildman–Crippen MR) is 110 cm³/mol. The van der Waals surface area contributed by atoms with Crippen LogP contribution in [0.15, 0.2) is 48.7 Å². The number of aromatic nitrogens is 1. The Labute approximate surface area is 164 Å². The van der Waals surface area contributed by atoms with Gasteiger partial charge in [-0.1, -0.05) is 18.2 Å². The Morgan fingerprint density at radius 1 is 1.14 bits per heavy atom. The second-order valence-corrected chi connectivity index (χ2v) is 7.39. The molecule has 2 aromatic carbocycles. The molecule has 0 saturated carbocycles. The normalized spacial score (nSPS) is 15.1. The quantitative estimate of drug-likeness (QED) is 0.716. The number of hydrogen-bond acceptors (Lipinski definition) is 3. The third-order valence-electron chi connectivity index (χ3n) is 5.36. The molecule has 0 unspecified atom stereocenters. The minimum atomic E-state index is -0.304. The second kappa shape index (κ2) is 8.02. The summed E-state index contributed by atoms with van der Waals surface area (Å²) < 4.78 is 14.1. The monoisotopic (exact) mass is 380 g/mol. The molecule has 1 saturated heterocycles. The molecule has 1 aliphatic heterocycles. The summed E-state index contributed by atoms with van der Waals surface area (Å²) in [6, 6.07) is 13.2. The van der Waals surface area contributed by atoms with Gasteiger partial charge >= 0.3 is 0 Å². The van der Waals surface area contributed by atoms with Crippen LogP contribution in [0.5, 0.6) is 0 Å². The molecule has 1 amide bonds. The largest absolute Gasteiger partial charge is 0.369 e. The molecule has 3 aromatic rings. The van der Waals surface area contributed by atoms with Crippen LogP contribution in [0.4, 0.5) is 10.1 Å². The summed E-state index contributed by atoms with van der Waals surface area (Å²) in [6.45, 7) is 4.60. The van der Waals surface area contributed by atoms with Gasteiger partial charge in [-0.25, -0.2) is 4.39 Å². The first-order chi connectivity index (χ1) is 13.6. The maximum atomic E-state index is 14.1. The number of carbonyl (C=O) groups is 1. The number of fused-ring (bicyclic) bond motifs is 1. The molecular weight excluding hydrogens is 355 g/mol. The van der Waals surface area contributed by atoms with E-state index in [1.807, 2.05) is 18.2 Å². The lowest BCUT2D eigenvalue weighted by molar-refractivity contribution is -0.120. The van der Waals surface area contributed by atoms with Gasteiger partial charge in [-0.2, -0.15) is 0 Å². The number of aromatic amines is 1. The molecule has 0 bridgehead atoms. The number of amides is 1. The van der Waals surface area contributed by atoms with E-state index in [2.05, 4.69) is 39.3 Å². The Bertz CT molecular complexity index is 976. The van der Waals surface area contributed by atoms with Crippen LogP contribution < -0.4 is 10.2 Å². The highest BCUT2D eigenvalue weighted by Gasteiger charge is 2.15. The highest BCUT2D eigenvalue weighted by Crippen LogP contribution is 2.22. The van der Waals surface area contributed by atoms with E-state index in [9.17, 15) is 9.18 Å². The SMILES string of the molecule is CN1CCN(c2cccc(CNC(=O)Cc3c[nH]c4cccc(F)c34)c2)CC1. The molecule has 0 atom stereocenters. The zero-order chi connectivity index (χ0) is 19.5. The summed E-state index contributed by atoms with van der Waals surface area (Å²) >= 11 is 0. The van der Waals surface area contributed by atoms with Crippen LogP contribution >= 0.6 is 0 Å². The minimum absolute atomic E-state index is 0.117. The number of piperazine rings is 1. The Morgan fingerprint density at radius 2 is 1.93 bits per heavy atom. The summed E-state index contributed by atoms with van der Waals surface area (Å²) in [5, 5.41) is 3.45. The molecule has 5 nitrogen and oxygen atoms in total. The molecule has 2 N–H and O–H groups in total. The third-order valence-corrected chi connectivity index (χ3v) is 5.36. The molecule has 6 heteroatoms.